The topological polar surface area (TPSA) is 47.0 Å². The minimum atomic E-state index is 0.195. The Morgan fingerprint density at radius 2 is 2.06 bits per heavy atom. The SMILES string of the molecule is CCNC(Cc1cncc(OC)n1)C(C)(C)C. The Morgan fingerprint density at radius 3 is 2.59 bits per heavy atom. The third kappa shape index (κ3) is 4.30. The standard InChI is InChI=1S/C13H23N3O/c1-6-15-11(13(2,3)4)7-10-8-14-9-12(16-10)17-5/h8-9,11,15H,6-7H2,1-5H3. The summed E-state index contributed by atoms with van der Waals surface area (Å²) in [5, 5.41) is 3.50. The Hall–Kier alpha value is -1.16. The molecule has 0 spiro atoms. The first-order valence-electron chi connectivity index (χ1n) is 6.05. The number of rotatable bonds is 5. The molecule has 1 N–H and O–H groups in total. The maximum atomic E-state index is 5.09. The highest BCUT2D eigenvalue weighted by atomic mass is 16.5. The molecule has 0 aliphatic heterocycles. The Balaban J connectivity index is 2.78. The summed E-state index contributed by atoms with van der Waals surface area (Å²) in [5.74, 6) is 0.576. The van der Waals surface area contributed by atoms with Crippen molar-refractivity contribution in [2.75, 3.05) is 13.7 Å². The molecule has 1 unspecified atom stereocenters. The number of likely N-dealkylation sites (N-methyl/N-ethyl adjacent to an activating group) is 1. The van der Waals surface area contributed by atoms with Crippen LogP contribution in [0.15, 0.2) is 12.4 Å². The van der Waals surface area contributed by atoms with E-state index in [1.165, 1.54) is 0 Å². The summed E-state index contributed by atoms with van der Waals surface area (Å²) in [6.07, 6.45) is 4.29. The highest BCUT2D eigenvalue weighted by Gasteiger charge is 2.24. The molecule has 0 fully saturated rings. The fourth-order valence-corrected chi connectivity index (χ4v) is 1.72. The van der Waals surface area contributed by atoms with Gasteiger partial charge in [-0.3, -0.25) is 4.98 Å². The smallest absolute Gasteiger partial charge is 0.232 e. The summed E-state index contributed by atoms with van der Waals surface area (Å²) in [6.45, 7) is 9.77. The highest BCUT2D eigenvalue weighted by Crippen LogP contribution is 2.22. The van der Waals surface area contributed by atoms with Crippen LogP contribution in [0.25, 0.3) is 0 Å². The van der Waals surface area contributed by atoms with Crippen LogP contribution in [-0.2, 0) is 6.42 Å². The number of methoxy groups -OCH3 is 1. The van der Waals surface area contributed by atoms with E-state index in [9.17, 15) is 0 Å². The van der Waals surface area contributed by atoms with E-state index in [0.29, 0.717) is 11.9 Å². The van der Waals surface area contributed by atoms with Gasteiger partial charge in [-0.1, -0.05) is 27.7 Å². The van der Waals surface area contributed by atoms with Crippen LogP contribution < -0.4 is 10.1 Å². The molecular formula is C13H23N3O. The average molecular weight is 237 g/mol. The lowest BCUT2D eigenvalue weighted by Crippen LogP contribution is -2.42. The van der Waals surface area contributed by atoms with Gasteiger partial charge >= 0.3 is 0 Å². The Morgan fingerprint density at radius 1 is 1.35 bits per heavy atom. The predicted molar refractivity (Wildman–Crippen MR) is 69.2 cm³/mol. The maximum absolute atomic E-state index is 5.09. The summed E-state index contributed by atoms with van der Waals surface area (Å²) in [5.41, 5.74) is 1.16. The van der Waals surface area contributed by atoms with Crippen molar-refractivity contribution >= 4 is 0 Å². The third-order valence-corrected chi connectivity index (χ3v) is 2.78. The van der Waals surface area contributed by atoms with Crippen LogP contribution >= 0.6 is 0 Å². The molecule has 4 nitrogen and oxygen atoms in total. The van der Waals surface area contributed by atoms with Gasteiger partial charge in [0.05, 0.1) is 19.0 Å². The molecule has 1 atom stereocenters. The van der Waals surface area contributed by atoms with Crippen LogP contribution in [0.4, 0.5) is 0 Å². The van der Waals surface area contributed by atoms with Crippen molar-refractivity contribution in [2.24, 2.45) is 5.41 Å². The van der Waals surface area contributed by atoms with Crippen molar-refractivity contribution in [1.82, 2.24) is 15.3 Å². The van der Waals surface area contributed by atoms with Gasteiger partial charge in [-0.15, -0.1) is 0 Å². The Labute approximate surface area is 104 Å². The zero-order valence-electron chi connectivity index (χ0n) is 11.4. The number of hydrogen-bond donors (Lipinski definition) is 1. The average Bonchev–Trinajstić information content (AvgIpc) is 2.27. The summed E-state index contributed by atoms with van der Waals surface area (Å²) >= 11 is 0. The fraction of sp³-hybridized carbons (Fsp3) is 0.692. The van der Waals surface area contributed by atoms with Crippen molar-refractivity contribution in [1.29, 1.82) is 0 Å². The Kier molecular flexibility index (Phi) is 4.87. The summed E-state index contributed by atoms with van der Waals surface area (Å²) < 4.78 is 5.09. The minimum Gasteiger partial charge on any atom is -0.480 e. The number of aromatic nitrogens is 2. The van der Waals surface area contributed by atoms with Crippen molar-refractivity contribution in [3.05, 3.63) is 18.1 Å². The van der Waals surface area contributed by atoms with Gasteiger partial charge in [-0.2, -0.15) is 0 Å². The van der Waals surface area contributed by atoms with E-state index in [0.717, 1.165) is 18.7 Å². The molecular weight excluding hydrogens is 214 g/mol. The number of hydrogen-bond acceptors (Lipinski definition) is 4. The molecule has 0 aliphatic carbocycles. The normalized spacial score (nSPS) is 13.5. The van der Waals surface area contributed by atoms with Crippen LogP contribution in [0.2, 0.25) is 0 Å². The minimum absolute atomic E-state index is 0.195. The molecule has 0 aliphatic rings. The van der Waals surface area contributed by atoms with Crippen LogP contribution in [0, 0.1) is 5.41 Å². The first-order chi connectivity index (χ1) is 7.97. The summed E-state index contributed by atoms with van der Waals surface area (Å²) in [7, 11) is 1.61. The zero-order valence-corrected chi connectivity index (χ0v) is 11.4. The molecule has 17 heavy (non-hydrogen) atoms. The molecule has 1 rings (SSSR count). The first-order valence-corrected chi connectivity index (χ1v) is 6.05. The second-order valence-electron chi connectivity index (χ2n) is 5.23. The molecule has 0 radical (unpaired) electrons. The maximum Gasteiger partial charge on any atom is 0.232 e. The third-order valence-electron chi connectivity index (χ3n) is 2.78. The molecule has 0 saturated carbocycles. The van der Waals surface area contributed by atoms with Gasteiger partial charge in [0.25, 0.3) is 0 Å². The van der Waals surface area contributed by atoms with Crippen LogP contribution in [0.5, 0.6) is 5.88 Å². The molecule has 4 heteroatoms. The van der Waals surface area contributed by atoms with Crippen molar-refractivity contribution in [3.8, 4) is 5.88 Å². The molecule has 1 aromatic rings. The number of nitrogens with one attached hydrogen (secondary N) is 1. The van der Waals surface area contributed by atoms with E-state index < -0.39 is 0 Å². The molecule has 1 aromatic heterocycles. The van der Waals surface area contributed by atoms with Gasteiger partial charge in [-0.05, 0) is 12.0 Å². The van der Waals surface area contributed by atoms with Crippen molar-refractivity contribution < 1.29 is 4.74 Å². The number of ether oxygens (including phenoxy) is 1. The van der Waals surface area contributed by atoms with Gasteiger partial charge in [0.2, 0.25) is 5.88 Å². The van der Waals surface area contributed by atoms with E-state index in [2.05, 4.69) is 43.0 Å². The lowest BCUT2D eigenvalue weighted by molar-refractivity contribution is 0.267. The van der Waals surface area contributed by atoms with E-state index in [1.54, 1.807) is 19.5 Å². The van der Waals surface area contributed by atoms with E-state index in [-0.39, 0.29) is 5.41 Å². The van der Waals surface area contributed by atoms with Crippen molar-refractivity contribution in [2.45, 2.75) is 40.2 Å². The number of nitrogens with zero attached hydrogens (tertiary/aromatic N) is 2. The monoisotopic (exact) mass is 237 g/mol. The molecule has 1 heterocycles. The van der Waals surface area contributed by atoms with Crippen LogP contribution in [0.1, 0.15) is 33.4 Å². The molecule has 0 saturated heterocycles. The lowest BCUT2D eigenvalue weighted by atomic mass is 9.84. The second-order valence-corrected chi connectivity index (χ2v) is 5.23. The first kappa shape index (κ1) is 13.9. The summed E-state index contributed by atoms with van der Waals surface area (Å²) in [4.78, 5) is 8.54. The largest absolute Gasteiger partial charge is 0.480 e. The molecule has 96 valence electrons. The predicted octanol–water partition coefficient (Wildman–Crippen LogP) is 2.05. The molecule has 0 aromatic carbocycles. The lowest BCUT2D eigenvalue weighted by Gasteiger charge is -2.31. The fourth-order valence-electron chi connectivity index (χ4n) is 1.72. The van der Waals surface area contributed by atoms with Gasteiger partial charge < -0.3 is 10.1 Å². The van der Waals surface area contributed by atoms with Crippen LogP contribution in [0.3, 0.4) is 0 Å². The van der Waals surface area contributed by atoms with Crippen LogP contribution in [-0.4, -0.2) is 29.7 Å². The highest BCUT2D eigenvalue weighted by molar-refractivity contribution is 5.10. The van der Waals surface area contributed by atoms with Gasteiger partial charge in [0.15, 0.2) is 0 Å². The van der Waals surface area contributed by atoms with Crippen molar-refractivity contribution in [3.63, 3.8) is 0 Å². The summed E-state index contributed by atoms with van der Waals surface area (Å²) in [6, 6.07) is 0.383. The van der Waals surface area contributed by atoms with Gasteiger partial charge in [0, 0.05) is 18.7 Å². The van der Waals surface area contributed by atoms with Gasteiger partial charge in [-0.25, -0.2) is 4.98 Å². The molecule has 0 amide bonds. The molecule has 0 bridgehead atoms. The van der Waals surface area contributed by atoms with E-state index in [1.807, 2.05) is 0 Å². The van der Waals surface area contributed by atoms with Gasteiger partial charge in [0.1, 0.15) is 0 Å². The second kappa shape index (κ2) is 5.96. The zero-order chi connectivity index (χ0) is 12.9. The Bertz CT molecular complexity index is 347. The van der Waals surface area contributed by atoms with E-state index >= 15 is 0 Å². The van der Waals surface area contributed by atoms with E-state index in [4.69, 9.17) is 4.74 Å². The quantitative estimate of drug-likeness (QED) is 0.851.